The van der Waals surface area contributed by atoms with Crippen LogP contribution in [-0.2, 0) is 9.53 Å². The van der Waals surface area contributed by atoms with Crippen LogP contribution in [0.15, 0.2) is 0 Å². The van der Waals surface area contributed by atoms with Crippen molar-refractivity contribution < 1.29 is 9.53 Å². The molecule has 0 aromatic carbocycles. The van der Waals surface area contributed by atoms with Crippen molar-refractivity contribution in [3.05, 3.63) is 0 Å². The van der Waals surface area contributed by atoms with Gasteiger partial charge in [0, 0.05) is 32.1 Å². The van der Waals surface area contributed by atoms with E-state index in [9.17, 15) is 4.79 Å². The van der Waals surface area contributed by atoms with Crippen LogP contribution in [0.2, 0.25) is 0 Å². The summed E-state index contributed by atoms with van der Waals surface area (Å²) in [6.45, 7) is 4.60. The second-order valence-electron chi connectivity index (χ2n) is 4.11. The number of carbonyl (C=O) groups is 1. The van der Waals surface area contributed by atoms with Gasteiger partial charge in [0.2, 0.25) is 0 Å². The maximum atomic E-state index is 11.4. The van der Waals surface area contributed by atoms with E-state index in [2.05, 4.69) is 4.84 Å². The Morgan fingerprint density at radius 3 is 2.57 bits per heavy atom. The van der Waals surface area contributed by atoms with E-state index in [0.29, 0.717) is 19.4 Å². The minimum atomic E-state index is -0.168. The SMILES string of the molecule is COCCCC(=O)CCC(C)(C)NCl. The molecule has 3 nitrogen and oxygen atoms in total. The summed E-state index contributed by atoms with van der Waals surface area (Å²) in [5.74, 6) is 0.280. The van der Waals surface area contributed by atoms with Gasteiger partial charge in [0.25, 0.3) is 0 Å². The standard InChI is InChI=1S/C10H20ClNO2/c1-10(2,12-11)7-6-9(13)5-4-8-14-3/h12H,4-8H2,1-3H3. The molecule has 84 valence electrons. The zero-order valence-corrected chi connectivity index (χ0v) is 9.99. The first kappa shape index (κ1) is 13.9. The maximum absolute atomic E-state index is 11.4. The van der Waals surface area contributed by atoms with Gasteiger partial charge in [0.05, 0.1) is 0 Å². The highest BCUT2D eigenvalue weighted by Gasteiger charge is 2.17. The summed E-state index contributed by atoms with van der Waals surface area (Å²) >= 11 is 5.52. The Balaban J connectivity index is 3.53. The Bertz CT molecular complexity index is 172. The number of hydrogen-bond acceptors (Lipinski definition) is 3. The van der Waals surface area contributed by atoms with E-state index in [4.69, 9.17) is 16.5 Å². The van der Waals surface area contributed by atoms with Crippen LogP contribution in [0.4, 0.5) is 0 Å². The molecule has 0 fully saturated rings. The second kappa shape index (κ2) is 7.21. The molecule has 4 heteroatoms. The second-order valence-corrected chi connectivity index (χ2v) is 4.30. The predicted molar refractivity (Wildman–Crippen MR) is 58.4 cm³/mol. The van der Waals surface area contributed by atoms with Gasteiger partial charge in [-0.2, -0.15) is 0 Å². The van der Waals surface area contributed by atoms with Crippen LogP contribution < -0.4 is 4.84 Å². The van der Waals surface area contributed by atoms with Gasteiger partial charge >= 0.3 is 0 Å². The molecule has 0 unspecified atom stereocenters. The van der Waals surface area contributed by atoms with Crippen molar-refractivity contribution in [2.24, 2.45) is 0 Å². The number of methoxy groups -OCH3 is 1. The lowest BCUT2D eigenvalue weighted by molar-refractivity contribution is -0.119. The van der Waals surface area contributed by atoms with Crippen molar-refractivity contribution in [2.75, 3.05) is 13.7 Å². The van der Waals surface area contributed by atoms with E-state index < -0.39 is 0 Å². The predicted octanol–water partition coefficient (Wildman–Crippen LogP) is 2.28. The number of hydrogen-bond donors (Lipinski definition) is 1. The van der Waals surface area contributed by atoms with E-state index in [-0.39, 0.29) is 11.3 Å². The Hall–Kier alpha value is -0.120. The molecule has 0 aliphatic rings. The third-order valence-corrected chi connectivity index (χ3v) is 2.60. The minimum Gasteiger partial charge on any atom is -0.385 e. The van der Waals surface area contributed by atoms with Crippen molar-refractivity contribution in [1.82, 2.24) is 4.84 Å². The highest BCUT2D eigenvalue weighted by Crippen LogP contribution is 2.13. The van der Waals surface area contributed by atoms with Crippen molar-refractivity contribution in [3.8, 4) is 0 Å². The van der Waals surface area contributed by atoms with Crippen LogP contribution in [-0.4, -0.2) is 25.0 Å². The lowest BCUT2D eigenvalue weighted by Gasteiger charge is -2.21. The number of ether oxygens (including phenoxy) is 1. The average Bonchev–Trinajstić information content (AvgIpc) is 2.16. The molecule has 0 aromatic rings. The maximum Gasteiger partial charge on any atom is 0.133 e. The molecule has 0 aliphatic heterocycles. The first-order chi connectivity index (χ1) is 6.52. The largest absolute Gasteiger partial charge is 0.385 e. The summed E-state index contributed by atoms with van der Waals surface area (Å²) in [6.07, 6.45) is 2.76. The van der Waals surface area contributed by atoms with Crippen LogP contribution in [0.1, 0.15) is 39.5 Å². The summed E-state index contributed by atoms with van der Waals surface area (Å²) in [5.41, 5.74) is -0.168. The van der Waals surface area contributed by atoms with Gasteiger partial charge in [-0.3, -0.25) is 4.79 Å². The molecule has 0 aliphatic carbocycles. The quantitative estimate of drug-likeness (QED) is 0.505. The van der Waals surface area contributed by atoms with Gasteiger partial charge < -0.3 is 4.74 Å². The summed E-state index contributed by atoms with van der Waals surface area (Å²) < 4.78 is 4.87. The Labute approximate surface area is 91.3 Å². The molecule has 0 bridgehead atoms. The van der Waals surface area contributed by atoms with Crippen LogP contribution in [0, 0.1) is 0 Å². The van der Waals surface area contributed by atoms with E-state index >= 15 is 0 Å². The lowest BCUT2D eigenvalue weighted by Crippen LogP contribution is -2.32. The van der Waals surface area contributed by atoms with Crippen LogP contribution in [0.3, 0.4) is 0 Å². The number of rotatable bonds is 8. The van der Waals surface area contributed by atoms with Gasteiger partial charge in [0.15, 0.2) is 0 Å². The average molecular weight is 222 g/mol. The summed E-state index contributed by atoms with van der Waals surface area (Å²) in [6, 6.07) is 0. The molecule has 0 amide bonds. The number of carbonyl (C=O) groups excluding carboxylic acids is 1. The first-order valence-electron chi connectivity index (χ1n) is 4.90. The van der Waals surface area contributed by atoms with E-state index in [0.717, 1.165) is 12.8 Å². The minimum absolute atomic E-state index is 0.168. The molecule has 0 spiro atoms. The zero-order chi connectivity index (χ0) is 11.0. The molecule has 14 heavy (non-hydrogen) atoms. The molecule has 0 radical (unpaired) electrons. The Morgan fingerprint density at radius 2 is 2.07 bits per heavy atom. The fourth-order valence-corrected chi connectivity index (χ4v) is 1.13. The first-order valence-corrected chi connectivity index (χ1v) is 5.28. The Kier molecular flexibility index (Phi) is 7.15. The molecule has 0 aromatic heterocycles. The molecule has 0 saturated carbocycles. The van der Waals surface area contributed by atoms with Crippen LogP contribution in [0.25, 0.3) is 0 Å². The highest BCUT2D eigenvalue weighted by molar-refractivity contribution is 6.13. The van der Waals surface area contributed by atoms with Gasteiger partial charge in [-0.15, -0.1) is 0 Å². The fraction of sp³-hybridized carbons (Fsp3) is 0.900. The molecule has 0 saturated heterocycles. The smallest absolute Gasteiger partial charge is 0.133 e. The van der Waals surface area contributed by atoms with Gasteiger partial charge in [-0.1, -0.05) is 0 Å². The zero-order valence-electron chi connectivity index (χ0n) is 9.23. The molecule has 1 N–H and O–H groups in total. The lowest BCUT2D eigenvalue weighted by atomic mass is 9.97. The number of Topliss-reactive ketones (excluding diaryl/α,β-unsaturated/α-hetero) is 1. The van der Waals surface area contributed by atoms with Crippen molar-refractivity contribution >= 4 is 17.6 Å². The molecular weight excluding hydrogens is 202 g/mol. The molecular formula is C10H20ClNO2. The number of nitrogens with one attached hydrogen (secondary N) is 1. The van der Waals surface area contributed by atoms with E-state index in [1.165, 1.54) is 0 Å². The third kappa shape index (κ3) is 7.30. The van der Waals surface area contributed by atoms with E-state index in [1.54, 1.807) is 7.11 Å². The van der Waals surface area contributed by atoms with Crippen LogP contribution in [0.5, 0.6) is 0 Å². The summed E-state index contributed by atoms with van der Waals surface area (Å²) in [7, 11) is 1.64. The third-order valence-electron chi connectivity index (χ3n) is 2.09. The van der Waals surface area contributed by atoms with Crippen molar-refractivity contribution in [2.45, 2.75) is 45.1 Å². The Morgan fingerprint density at radius 1 is 1.43 bits per heavy atom. The number of ketones is 1. The fourth-order valence-electron chi connectivity index (χ4n) is 1.04. The summed E-state index contributed by atoms with van der Waals surface area (Å²) in [5, 5.41) is 0. The van der Waals surface area contributed by atoms with Gasteiger partial charge in [-0.25, -0.2) is 4.84 Å². The topological polar surface area (TPSA) is 38.3 Å². The monoisotopic (exact) mass is 221 g/mol. The van der Waals surface area contributed by atoms with Crippen molar-refractivity contribution in [1.29, 1.82) is 0 Å². The summed E-state index contributed by atoms with van der Waals surface area (Å²) in [4.78, 5) is 14.0. The molecule has 0 rings (SSSR count). The van der Waals surface area contributed by atoms with Gasteiger partial charge in [0.1, 0.15) is 5.78 Å². The van der Waals surface area contributed by atoms with Gasteiger partial charge in [-0.05, 0) is 38.5 Å². The normalized spacial score (nSPS) is 11.7. The molecule has 0 heterocycles. The van der Waals surface area contributed by atoms with Crippen molar-refractivity contribution in [3.63, 3.8) is 0 Å². The number of halogens is 1. The molecule has 0 atom stereocenters. The van der Waals surface area contributed by atoms with Crippen LogP contribution >= 0.6 is 11.8 Å². The highest BCUT2D eigenvalue weighted by atomic mass is 35.5. The van der Waals surface area contributed by atoms with E-state index in [1.807, 2.05) is 13.8 Å².